The van der Waals surface area contributed by atoms with Crippen molar-refractivity contribution in [1.82, 2.24) is 0 Å². The second kappa shape index (κ2) is 7.97. The molecule has 0 bridgehead atoms. The molecule has 0 saturated carbocycles. The van der Waals surface area contributed by atoms with Gasteiger partial charge in [0.25, 0.3) is 0 Å². The van der Waals surface area contributed by atoms with Crippen molar-refractivity contribution < 1.29 is 29.0 Å². The summed E-state index contributed by atoms with van der Waals surface area (Å²) >= 11 is 0. The lowest BCUT2D eigenvalue weighted by molar-refractivity contribution is 0.0694. The molecule has 0 saturated heterocycles. The van der Waals surface area contributed by atoms with Crippen LogP contribution in [-0.2, 0) is 0 Å². The highest BCUT2D eigenvalue weighted by molar-refractivity contribution is 5.93. The molecule has 6 heteroatoms. The second-order valence-electron chi connectivity index (χ2n) is 5.50. The quantitative estimate of drug-likeness (QED) is 0.548. The van der Waals surface area contributed by atoms with Crippen molar-refractivity contribution in [3.8, 4) is 11.5 Å². The van der Waals surface area contributed by atoms with E-state index in [1.165, 1.54) is 48.5 Å². The zero-order valence-electron chi connectivity index (χ0n) is 14.0. The van der Waals surface area contributed by atoms with Crippen molar-refractivity contribution in [3.05, 3.63) is 95.6 Å². The molecule has 0 unspecified atom stereocenters. The summed E-state index contributed by atoms with van der Waals surface area (Å²) in [5.41, 5.74) is 0.780. The van der Waals surface area contributed by atoms with Gasteiger partial charge in [0.1, 0.15) is 11.5 Å². The molecule has 27 heavy (non-hydrogen) atoms. The third kappa shape index (κ3) is 4.58. The minimum Gasteiger partial charge on any atom is -0.478 e. The fourth-order valence-electron chi connectivity index (χ4n) is 2.23. The predicted octanol–water partition coefficient (Wildman–Crippen LogP) is 3.82. The highest BCUT2D eigenvalue weighted by atomic mass is 16.5. The van der Waals surface area contributed by atoms with Crippen LogP contribution in [0.25, 0.3) is 0 Å². The molecule has 3 rings (SSSR count). The van der Waals surface area contributed by atoms with Gasteiger partial charge < -0.3 is 14.6 Å². The lowest BCUT2D eigenvalue weighted by atomic mass is 10.2. The van der Waals surface area contributed by atoms with E-state index >= 15 is 0 Å². The maximum atomic E-state index is 12.1. The SMILES string of the molecule is O=C(O)c1ccc(OC(=O)c2ccc(OC(=O)c3ccccc3)cc2)cc1. The number of aromatic carboxylic acids is 1. The molecular formula is C21H14O6. The van der Waals surface area contributed by atoms with Gasteiger partial charge in [-0.3, -0.25) is 0 Å². The van der Waals surface area contributed by atoms with Gasteiger partial charge in [0.15, 0.2) is 0 Å². The molecule has 6 nitrogen and oxygen atoms in total. The van der Waals surface area contributed by atoms with E-state index in [1.54, 1.807) is 30.3 Å². The number of ether oxygens (including phenoxy) is 2. The number of carboxylic acids is 1. The average Bonchev–Trinajstić information content (AvgIpc) is 2.69. The van der Waals surface area contributed by atoms with E-state index in [-0.39, 0.29) is 16.9 Å². The first-order valence-electron chi connectivity index (χ1n) is 7.96. The third-order valence-corrected chi connectivity index (χ3v) is 3.62. The van der Waals surface area contributed by atoms with Gasteiger partial charge in [-0.1, -0.05) is 18.2 Å². The van der Waals surface area contributed by atoms with Crippen LogP contribution >= 0.6 is 0 Å². The Kier molecular flexibility index (Phi) is 5.28. The third-order valence-electron chi connectivity index (χ3n) is 3.62. The van der Waals surface area contributed by atoms with Crippen LogP contribution in [0, 0.1) is 0 Å². The van der Waals surface area contributed by atoms with Crippen LogP contribution < -0.4 is 9.47 Å². The number of carboxylic acid groups (broad SMARTS) is 1. The van der Waals surface area contributed by atoms with E-state index < -0.39 is 17.9 Å². The molecule has 0 radical (unpaired) electrons. The minimum atomic E-state index is -1.06. The first-order chi connectivity index (χ1) is 13.0. The lowest BCUT2D eigenvalue weighted by Gasteiger charge is -2.07. The van der Waals surface area contributed by atoms with Gasteiger partial charge in [-0.2, -0.15) is 0 Å². The van der Waals surface area contributed by atoms with Crippen molar-refractivity contribution in [2.24, 2.45) is 0 Å². The molecule has 3 aromatic rings. The fraction of sp³-hybridized carbons (Fsp3) is 0. The Morgan fingerprint density at radius 2 is 0.963 bits per heavy atom. The Hall–Kier alpha value is -3.93. The number of rotatable bonds is 5. The maximum absolute atomic E-state index is 12.1. The topological polar surface area (TPSA) is 89.9 Å². The fourth-order valence-corrected chi connectivity index (χ4v) is 2.23. The Bertz CT molecular complexity index is 960. The summed E-state index contributed by atoms with van der Waals surface area (Å²) in [4.78, 5) is 34.9. The Morgan fingerprint density at radius 3 is 1.41 bits per heavy atom. The number of hydrogen-bond donors (Lipinski definition) is 1. The van der Waals surface area contributed by atoms with Gasteiger partial charge in [-0.05, 0) is 60.7 Å². The van der Waals surface area contributed by atoms with Crippen LogP contribution in [0.2, 0.25) is 0 Å². The monoisotopic (exact) mass is 362 g/mol. The predicted molar refractivity (Wildman–Crippen MR) is 96.2 cm³/mol. The Morgan fingerprint density at radius 1 is 0.556 bits per heavy atom. The van der Waals surface area contributed by atoms with E-state index in [0.29, 0.717) is 11.3 Å². The minimum absolute atomic E-state index is 0.0967. The zero-order valence-corrected chi connectivity index (χ0v) is 14.0. The number of benzene rings is 3. The zero-order chi connectivity index (χ0) is 19.2. The van der Waals surface area contributed by atoms with Crippen LogP contribution in [0.1, 0.15) is 31.1 Å². The number of carbonyl (C=O) groups is 3. The van der Waals surface area contributed by atoms with Crippen molar-refractivity contribution in [2.75, 3.05) is 0 Å². The second-order valence-corrected chi connectivity index (χ2v) is 5.50. The summed E-state index contributed by atoms with van der Waals surface area (Å²) in [7, 11) is 0. The molecule has 0 atom stereocenters. The lowest BCUT2D eigenvalue weighted by Crippen LogP contribution is -2.10. The van der Waals surface area contributed by atoms with Gasteiger partial charge >= 0.3 is 17.9 Å². The molecule has 1 N–H and O–H groups in total. The summed E-state index contributed by atoms with van der Waals surface area (Å²) in [5, 5.41) is 8.85. The molecule has 0 spiro atoms. The number of carbonyl (C=O) groups excluding carboxylic acids is 2. The van der Waals surface area contributed by atoms with Gasteiger partial charge in [0.2, 0.25) is 0 Å². The Balaban J connectivity index is 1.63. The van der Waals surface area contributed by atoms with Gasteiger partial charge in [0, 0.05) is 0 Å². The summed E-state index contributed by atoms with van der Waals surface area (Å²) in [6, 6.07) is 20.0. The molecule has 0 aliphatic rings. The molecular weight excluding hydrogens is 348 g/mol. The summed E-state index contributed by atoms with van der Waals surface area (Å²) in [6.07, 6.45) is 0. The van der Waals surface area contributed by atoms with E-state index in [4.69, 9.17) is 14.6 Å². The highest BCUT2D eigenvalue weighted by Gasteiger charge is 2.12. The standard InChI is InChI=1S/C21H14O6/c22-19(23)14-6-10-17(11-7-14)27-21(25)16-8-12-18(13-9-16)26-20(24)15-4-2-1-3-5-15/h1-13H,(H,22,23). The summed E-state index contributed by atoms with van der Waals surface area (Å²) in [6.45, 7) is 0. The van der Waals surface area contributed by atoms with E-state index in [0.717, 1.165) is 0 Å². The van der Waals surface area contributed by atoms with Gasteiger partial charge in [-0.25, -0.2) is 14.4 Å². The molecule has 0 aromatic heterocycles. The first kappa shape index (κ1) is 17.9. The molecule has 0 heterocycles. The van der Waals surface area contributed by atoms with Gasteiger partial charge in [-0.15, -0.1) is 0 Å². The van der Waals surface area contributed by atoms with Crippen molar-refractivity contribution >= 4 is 17.9 Å². The van der Waals surface area contributed by atoms with Crippen LogP contribution in [0.4, 0.5) is 0 Å². The van der Waals surface area contributed by atoms with Crippen LogP contribution in [0.15, 0.2) is 78.9 Å². The molecule has 0 aliphatic heterocycles. The van der Waals surface area contributed by atoms with Crippen LogP contribution in [0.3, 0.4) is 0 Å². The van der Waals surface area contributed by atoms with Crippen LogP contribution in [0.5, 0.6) is 11.5 Å². The first-order valence-corrected chi connectivity index (χ1v) is 7.96. The molecule has 134 valence electrons. The Labute approximate surface area is 154 Å². The molecule has 0 amide bonds. The average molecular weight is 362 g/mol. The van der Waals surface area contributed by atoms with Gasteiger partial charge in [0.05, 0.1) is 16.7 Å². The molecule has 0 fully saturated rings. The van der Waals surface area contributed by atoms with E-state index in [1.807, 2.05) is 0 Å². The summed E-state index contributed by atoms with van der Waals surface area (Å²) < 4.78 is 10.4. The van der Waals surface area contributed by atoms with Crippen molar-refractivity contribution in [3.63, 3.8) is 0 Å². The normalized spacial score (nSPS) is 10.1. The maximum Gasteiger partial charge on any atom is 0.343 e. The van der Waals surface area contributed by atoms with E-state index in [9.17, 15) is 14.4 Å². The number of esters is 2. The van der Waals surface area contributed by atoms with Crippen LogP contribution in [-0.4, -0.2) is 23.0 Å². The largest absolute Gasteiger partial charge is 0.478 e. The molecule has 0 aliphatic carbocycles. The van der Waals surface area contributed by atoms with Crippen molar-refractivity contribution in [2.45, 2.75) is 0 Å². The van der Waals surface area contributed by atoms with E-state index in [2.05, 4.69) is 0 Å². The smallest absolute Gasteiger partial charge is 0.343 e. The summed E-state index contributed by atoms with van der Waals surface area (Å²) in [5.74, 6) is -1.65. The number of hydrogen-bond acceptors (Lipinski definition) is 5. The molecule has 3 aromatic carbocycles. The highest BCUT2D eigenvalue weighted by Crippen LogP contribution is 2.17. The van der Waals surface area contributed by atoms with Crippen molar-refractivity contribution in [1.29, 1.82) is 0 Å².